The summed E-state index contributed by atoms with van der Waals surface area (Å²) in [6, 6.07) is 2.53. The number of hydrogen-bond acceptors (Lipinski definition) is 8. The predicted molar refractivity (Wildman–Crippen MR) is 136 cm³/mol. The van der Waals surface area contributed by atoms with Crippen molar-refractivity contribution in [2.24, 2.45) is 0 Å². The number of aliphatic hydroxyl groups excluding tert-OH is 3. The van der Waals surface area contributed by atoms with Crippen LogP contribution in [0.15, 0.2) is 35.4 Å². The zero-order valence-corrected chi connectivity index (χ0v) is 21.9. The van der Waals surface area contributed by atoms with Crippen molar-refractivity contribution in [2.75, 3.05) is 40.0 Å². The molecule has 0 spiro atoms. The molecule has 37 heavy (non-hydrogen) atoms. The summed E-state index contributed by atoms with van der Waals surface area (Å²) in [6.45, 7) is 6.38. The number of fused-ring (bicyclic) bond motifs is 3. The standard InChI is InChI=1S/C27H38N2O8/c1-5-36-10-6-8-29(22(32)11-16(2)3)20-14-19(27(34)28-7-9-30)23-18-12-17(15-31)13-21(35-4)25(18)37-26(23)24(20)33/h11-14,20,23-24,26,30-31,33H,5-10,15H2,1-4H3,(H,28,34)/t20-,23+,24+,26+/m1/s1. The van der Waals surface area contributed by atoms with Crippen LogP contribution in [0.2, 0.25) is 0 Å². The van der Waals surface area contributed by atoms with Gasteiger partial charge >= 0.3 is 0 Å². The Hall–Kier alpha value is -2.92. The summed E-state index contributed by atoms with van der Waals surface area (Å²) >= 11 is 0. The lowest BCUT2D eigenvalue weighted by atomic mass is 9.77. The summed E-state index contributed by atoms with van der Waals surface area (Å²) in [6.07, 6.45) is 1.63. The van der Waals surface area contributed by atoms with Crippen LogP contribution >= 0.6 is 0 Å². The summed E-state index contributed by atoms with van der Waals surface area (Å²) in [5.41, 5.74) is 2.29. The summed E-state index contributed by atoms with van der Waals surface area (Å²) in [7, 11) is 1.48. The second-order valence-corrected chi connectivity index (χ2v) is 9.32. The Morgan fingerprint density at radius 1 is 1.24 bits per heavy atom. The maximum Gasteiger partial charge on any atom is 0.247 e. The molecule has 1 aromatic rings. The normalized spacial score (nSPS) is 21.8. The number of nitrogens with zero attached hydrogens (tertiary/aromatic N) is 1. The van der Waals surface area contributed by atoms with Crippen molar-refractivity contribution in [3.8, 4) is 11.5 Å². The molecule has 10 nitrogen and oxygen atoms in total. The van der Waals surface area contributed by atoms with Gasteiger partial charge in [-0.1, -0.05) is 5.57 Å². The molecule has 2 aliphatic rings. The third-order valence-electron chi connectivity index (χ3n) is 6.44. The van der Waals surface area contributed by atoms with E-state index >= 15 is 0 Å². The summed E-state index contributed by atoms with van der Waals surface area (Å²) < 4.78 is 17.1. The molecular weight excluding hydrogens is 480 g/mol. The summed E-state index contributed by atoms with van der Waals surface area (Å²) in [5.74, 6) is -0.627. The van der Waals surface area contributed by atoms with E-state index < -0.39 is 30.1 Å². The molecule has 0 bridgehead atoms. The smallest absolute Gasteiger partial charge is 0.247 e. The molecule has 1 aliphatic carbocycles. The van der Waals surface area contributed by atoms with E-state index in [1.807, 2.05) is 20.8 Å². The third kappa shape index (κ3) is 6.32. The van der Waals surface area contributed by atoms with Crippen molar-refractivity contribution < 1.29 is 39.1 Å². The van der Waals surface area contributed by atoms with E-state index in [0.29, 0.717) is 54.4 Å². The molecule has 0 unspecified atom stereocenters. The lowest BCUT2D eigenvalue weighted by molar-refractivity contribution is -0.132. The van der Waals surface area contributed by atoms with E-state index in [1.165, 1.54) is 18.1 Å². The number of carbonyl (C=O) groups excluding carboxylic acids is 2. The first kappa shape index (κ1) is 28.6. The molecular formula is C27H38N2O8. The number of aliphatic hydroxyl groups is 3. The Kier molecular flexibility index (Phi) is 10.1. The van der Waals surface area contributed by atoms with E-state index in [0.717, 1.165) is 5.57 Å². The first-order chi connectivity index (χ1) is 17.8. The zero-order chi connectivity index (χ0) is 27.1. The lowest BCUT2D eigenvalue weighted by Gasteiger charge is -2.40. The highest BCUT2D eigenvalue weighted by Crippen LogP contribution is 2.51. The van der Waals surface area contributed by atoms with Crippen LogP contribution in [0.25, 0.3) is 0 Å². The largest absolute Gasteiger partial charge is 0.493 e. The fourth-order valence-electron chi connectivity index (χ4n) is 4.84. The average molecular weight is 519 g/mol. The van der Waals surface area contributed by atoms with Crippen LogP contribution in [0.5, 0.6) is 11.5 Å². The van der Waals surface area contributed by atoms with Crippen LogP contribution in [0.4, 0.5) is 0 Å². The van der Waals surface area contributed by atoms with Gasteiger partial charge in [0.05, 0.1) is 32.3 Å². The van der Waals surface area contributed by atoms with Crippen LogP contribution in [-0.2, 0) is 20.9 Å². The van der Waals surface area contributed by atoms with Crippen LogP contribution in [0.3, 0.4) is 0 Å². The molecule has 0 radical (unpaired) electrons. The van der Waals surface area contributed by atoms with Crippen LogP contribution in [-0.4, -0.2) is 90.3 Å². The number of nitrogens with one attached hydrogen (secondary N) is 1. The molecule has 0 aromatic heterocycles. The molecule has 10 heteroatoms. The van der Waals surface area contributed by atoms with Crippen molar-refractivity contribution in [3.63, 3.8) is 0 Å². The van der Waals surface area contributed by atoms with Gasteiger partial charge < -0.3 is 39.7 Å². The molecule has 1 aromatic carbocycles. The molecule has 0 saturated carbocycles. The second-order valence-electron chi connectivity index (χ2n) is 9.32. The quantitative estimate of drug-likeness (QED) is 0.238. The molecule has 1 heterocycles. The van der Waals surface area contributed by atoms with Crippen molar-refractivity contribution in [1.29, 1.82) is 0 Å². The molecule has 0 fully saturated rings. The first-order valence-electron chi connectivity index (χ1n) is 12.6. The zero-order valence-electron chi connectivity index (χ0n) is 21.9. The van der Waals surface area contributed by atoms with E-state index in [4.69, 9.17) is 14.2 Å². The maximum atomic E-state index is 13.3. The van der Waals surface area contributed by atoms with Crippen molar-refractivity contribution in [3.05, 3.63) is 46.6 Å². The van der Waals surface area contributed by atoms with Crippen LogP contribution in [0.1, 0.15) is 44.2 Å². The Labute approximate surface area is 217 Å². The average Bonchev–Trinajstić information content (AvgIpc) is 3.27. The van der Waals surface area contributed by atoms with Gasteiger partial charge in [-0.3, -0.25) is 9.59 Å². The fraction of sp³-hybridized carbons (Fsp3) is 0.556. The highest BCUT2D eigenvalue weighted by atomic mass is 16.5. The number of hydrogen-bond donors (Lipinski definition) is 4. The molecule has 3 rings (SSSR count). The number of benzene rings is 1. The third-order valence-corrected chi connectivity index (χ3v) is 6.44. The number of methoxy groups -OCH3 is 1. The van der Waals surface area contributed by atoms with Gasteiger partial charge in [0.2, 0.25) is 11.8 Å². The number of carbonyl (C=O) groups is 2. The minimum absolute atomic E-state index is 0.0449. The van der Waals surface area contributed by atoms with Gasteiger partial charge in [0, 0.05) is 43.5 Å². The molecule has 4 atom stereocenters. The first-order valence-corrected chi connectivity index (χ1v) is 12.6. The number of amides is 2. The highest BCUT2D eigenvalue weighted by Gasteiger charge is 2.51. The van der Waals surface area contributed by atoms with Crippen LogP contribution in [0, 0.1) is 0 Å². The Balaban J connectivity index is 2.09. The van der Waals surface area contributed by atoms with Gasteiger partial charge in [-0.05, 0) is 51.0 Å². The lowest BCUT2D eigenvalue weighted by Crippen LogP contribution is -2.55. The van der Waals surface area contributed by atoms with E-state index in [-0.39, 0.29) is 25.7 Å². The van der Waals surface area contributed by atoms with E-state index in [9.17, 15) is 24.9 Å². The highest BCUT2D eigenvalue weighted by molar-refractivity contribution is 5.96. The Morgan fingerprint density at radius 2 is 2.00 bits per heavy atom. The summed E-state index contributed by atoms with van der Waals surface area (Å²) in [5, 5.41) is 33.3. The topological polar surface area (TPSA) is 138 Å². The number of rotatable bonds is 12. The predicted octanol–water partition coefficient (Wildman–Crippen LogP) is 1.03. The number of ether oxygens (including phenoxy) is 3. The van der Waals surface area contributed by atoms with Gasteiger partial charge in [0.25, 0.3) is 0 Å². The number of allylic oxidation sites excluding steroid dienone is 1. The fourth-order valence-corrected chi connectivity index (χ4v) is 4.84. The van der Waals surface area contributed by atoms with Crippen molar-refractivity contribution in [2.45, 2.75) is 58.0 Å². The Morgan fingerprint density at radius 3 is 2.62 bits per heavy atom. The second kappa shape index (κ2) is 13.0. The molecule has 0 saturated heterocycles. The van der Waals surface area contributed by atoms with Gasteiger partial charge in [-0.15, -0.1) is 0 Å². The molecule has 2 amide bonds. The van der Waals surface area contributed by atoms with Gasteiger partial charge in [-0.2, -0.15) is 0 Å². The minimum Gasteiger partial charge on any atom is -0.493 e. The van der Waals surface area contributed by atoms with E-state index in [2.05, 4.69) is 5.32 Å². The summed E-state index contributed by atoms with van der Waals surface area (Å²) in [4.78, 5) is 28.1. The SMILES string of the molecule is CCOCCCN(C(=O)C=C(C)C)[C@@H]1C=C(C(=O)NCCO)[C@@H]2c3cc(CO)cc(OC)c3O[C@@H]2[C@H]1O. The monoisotopic (exact) mass is 518 g/mol. The van der Waals surface area contributed by atoms with E-state index in [1.54, 1.807) is 18.2 Å². The van der Waals surface area contributed by atoms with Crippen LogP contribution < -0.4 is 14.8 Å². The molecule has 1 aliphatic heterocycles. The van der Waals surface area contributed by atoms with Gasteiger partial charge in [-0.25, -0.2) is 0 Å². The maximum absolute atomic E-state index is 13.3. The van der Waals surface area contributed by atoms with Gasteiger partial charge in [0.1, 0.15) is 12.2 Å². The van der Waals surface area contributed by atoms with Gasteiger partial charge in [0.15, 0.2) is 11.5 Å². The Bertz CT molecular complexity index is 1030. The minimum atomic E-state index is -1.16. The molecule has 204 valence electrons. The molecule has 4 N–H and O–H groups in total. The van der Waals surface area contributed by atoms with Crippen molar-refractivity contribution >= 4 is 11.8 Å². The van der Waals surface area contributed by atoms with Crippen molar-refractivity contribution in [1.82, 2.24) is 10.2 Å².